The molecule has 9 heteroatoms. The molecule has 0 spiro atoms. The molecule has 2 aromatic carbocycles. The van der Waals surface area contributed by atoms with E-state index in [0.29, 0.717) is 0 Å². The van der Waals surface area contributed by atoms with E-state index in [1.807, 2.05) is 0 Å². The maximum absolute atomic E-state index is 12.1. The molecule has 2 rings (SSSR count). The van der Waals surface area contributed by atoms with Crippen molar-refractivity contribution in [3.8, 4) is 5.75 Å². The maximum Gasteiger partial charge on any atom is 0.339 e. The number of carboxylic acids is 1. The summed E-state index contributed by atoms with van der Waals surface area (Å²) in [6.45, 7) is 1.41. The molecule has 0 fully saturated rings. The number of carbonyl (C=O) groups is 2. The molecule has 138 valence electrons. The average Bonchev–Trinajstić information content (AvgIpc) is 2.60. The van der Waals surface area contributed by atoms with Gasteiger partial charge in [-0.3, -0.25) is 4.79 Å². The monoisotopic (exact) mass is 379 g/mol. The quantitative estimate of drug-likeness (QED) is 0.406. The topological polar surface area (TPSA) is 119 Å². The van der Waals surface area contributed by atoms with Crippen molar-refractivity contribution in [2.75, 3.05) is 5.75 Å². The average molecular weight is 379 g/mol. The zero-order chi connectivity index (χ0) is 19.2. The Bertz CT molecular complexity index is 881. The van der Waals surface area contributed by atoms with E-state index >= 15 is 0 Å². The Hall–Kier alpha value is -2.91. The molecular weight excluding hydrogens is 362 g/mol. The van der Waals surface area contributed by atoms with Gasteiger partial charge in [0, 0.05) is 0 Å². The SMILES string of the molecule is CC(NC(=O)CS(=O)(=O)c1ccccc1)OOc1ccccc1C(=O)O. The molecule has 0 aliphatic carbocycles. The van der Waals surface area contributed by atoms with Crippen molar-refractivity contribution in [2.45, 2.75) is 18.0 Å². The van der Waals surface area contributed by atoms with Gasteiger partial charge in [-0.2, -0.15) is 4.89 Å². The van der Waals surface area contributed by atoms with Crippen LogP contribution in [0.1, 0.15) is 17.3 Å². The molecule has 2 N–H and O–H groups in total. The van der Waals surface area contributed by atoms with Gasteiger partial charge in [0.2, 0.25) is 5.91 Å². The predicted molar refractivity (Wildman–Crippen MR) is 91.2 cm³/mol. The van der Waals surface area contributed by atoms with Gasteiger partial charge in [-0.25, -0.2) is 13.2 Å². The molecule has 0 saturated carbocycles. The van der Waals surface area contributed by atoms with E-state index in [0.717, 1.165) is 0 Å². The molecule has 1 amide bonds. The number of benzene rings is 2. The van der Waals surface area contributed by atoms with Crippen molar-refractivity contribution >= 4 is 21.7 Å². The molecule has 0 aliphatic rings. The molecule has 0 radical (unpaired) electrons. The molecule has 0 aliphatic heterocycles. The van der Waals surface area contributed by atoms with Gasteiger partial charge in [-0.1, -0.05) is 30.3 Å². The second kappa shape index (κ2) is 8.45. The number of carboxylic acid groups (broad SMARTS) is 1. The first-order valence-electron chi connectivity index (χ1n) is 7.52. The van der Waals surface area contributed by atoms with Gasteiger partial charge >= 0.3 is 5.97 Å². The Morgan fingerprint density at radius 2 is 1.69 bits per heavy atom. The number of carbonyl (C=O) groups excluding carboxylic acids is 1. The van der Waals surface area contributed by atoms with E-state index in [2.05, 4.69) is 5.32 Å². The van der Waals surface area contributed by atoms with Crippen molar-refractivity contribution in [1.82, 2.24) is 5.32 Å². The first-order chi connectivity index (χ1) is 12.3. The Labute approximate surface area is 150 Å². The third kappa shape index (κ3) is 5.30. The van der Waals surface area contributed by atoms with Gasteiger partial charge in [-0.05, 0) is 31.2 Å². The summed E-state index contributed by atoms with van der Waals surface area (Å²) < 4.78 is 24.2. The summed E-state index contributed by atoms with van der Waals surface area (Å²) in [7, 11) is -3.78. The van der Waals surface area contributed by atoms with Crippen LogP contribution in [0.25, 0.3) is 0 Å². The number of amides is 1. The normalized spacial score (nSPS) is 12.2. The molecule has 1 unspecified atom stereocenters. The second-order valence-corrected chi connectivity index (χ2v) is 7.25. The molecule has 8 nitrogen and oxygen atoms in total. The minimum absolute atomic E-state index is 0.0374. The number of rotatable bonds is 8. The molecular formula is C17H17NO7S. The molecule has 2 aromatic rings. The molecule has 0 heterocycles. The Morgan fingerprint density at radius 1 is 1.08 bits per heavy atom. The van der Waals surface area contributed by atoms with E-state index in [4.69, 9.17) is 14.9 Å². The lowest BCUT2D eigenvalue weighted by Gasteiger charge is -2.15. The van der Waals surface area contributed by atoms with Crippen LogP contribution in [0.5, 0.6) is 5.75 Å². The number of sulfone groups is 1. The predicted octanol–water partition coefficient (Wildman–Crippen LogP) is 1.63. The van der Waals surface area contributed by atoms with Crippen LogP contribution >= 0.6 is 0 Å². The van der Waals surface area contributed by atoms with Crippen LogP contribution in [-0.4, -0.2) is 37.4 Å². The summed E-state index contributed by atoms with van der Waals surface area (Å²) in [5.41, 5.74) is -0.113. The molecule has 26 heavy (non-hydrogen) atoms. The van der Waals surface area contributed by atoms with Crippen molar-refractivity contribution in [1.29, 1.82) is 0 Å². The third-order valence-electron chi connectivity index (χ3n) is 3.19. The molecule has 0 bridgehead atoms. The molecule has 0 aromatic heterocycles. The highest BCUT2D eigenvalue weighted by atomic mass is 32.2. The highest BCUT2D eigenvalue weighted by Gasteiger charge is 2.21. The van der Waals surface area contributed by atoms with Crippen LogP contribution in [0.4, 0.5) is 0 Å². The fourth-order valence-corrected chi connectivity index (χ4v) is 3.18. The number of para-hydroxylation sites is 1. The van der Waals surface area contributed by atoms with Gasteiger partial charge in [0.1, 0.15) is 11.3 Å². The van der Waals surface area contributed by atoms with Crippen LogP contribution in [0.3, 0.4) is 0 Å². The first-order valence-corrected chi connectivity index (χ1v) is 9.17. The minimum Gasteiger partial charge on any atom is -0.478 e. The highest BCUT2D eigenvalue weighted by molar-refractivity contribution is 7.92. The van der Waals surface area contributed by atoms with Crippen LogP contribution in [-0.2, 0) is 19.5 Å². The zero-order valence-electron chi connectivity index (χ0n) is 13.8. The molecule has 0 saturated heterocycles. The Kier molecular flexibility index (Phi) is 6.31. The second-order valence-electron chi connectivity index (χ2n) is 5.26. The summed E-state index contributed by atoms with van der Waals surface area (Å²) in [6, 6.07) is 13.4. The van der Waals surface area contributed by atoms with Crippen LogP contribution in [0, 0.1) is 0 Å². The van der Waals surface area contributed by atoms with Crippen molar-refractivity contribution in [3.63, 3.8) is 0 Å². The van der Waals surface area contributed by atoms with Gasteiger partial charge in [-0.15, -0.1) is 0 Å². The first kappa shape index (κ1) is 19.4. The Balaban J connectivity index is 1.91. The minimum atomic E-state index is -3.78. The lowest BCUT2D eigenvalue weighted by atomic mass is 10.2. The summed E-state index contributed by atoms with van der Waals surface area (Å²) in [4.78, 5) is 32.9. The van der Waals surface area contributed by atoms with E-state index in [1.165, 1.54) is 37.3 Å². The third-order valence-corrected chi connectivity index (χ3v) is 4.82. The standard InChI is InChI=1S/C17H17NO7S/c1-12(24-25-15-10-6-5-9-14(15)17(20)21)18-16(19)11-26(22,23)13-7-3-2-4-8-13/h2-10,12H,11H2,1H3,(H,18,19)(H,20,21). The Morgan fingerprint density at radius 3 is 2.35 bits per heavy atom. The fourth-order valence-electron chi connectivity index (χ4n) is 2.02. The van der Waals surface area contributed by atoms with Crippen molar-refractivity contribution < 1.29 is 32.9 Å². The number of aromatic carboxylic acids is 1. The van der Waals surface area contributed by atoms with Gasteiger partial charge in [0.15, 0.2) is 21.8 Å². The van der Waals surface area contributed by atoms with Gasteiger partial charge in [0.05, 0.1) is 4.90 Å². The number of hydrogen-bond acceptors (Lipinski definition) is 6. The highest BCUT2D eigenvalue weighted by Crippen LogP contribution is 2.18. The van der Waals surface area contributed by atoms with Gasteiger partial charge < -0.3 is 15.3 Å². The fraction of sp³-hybridized carbons (Fsp3) is 0.176. The zero-order valence-corrected chi connectivity index (χ0v) is 14.6. The summed E-state index contributed by atoms with van der Waals surface area (Å²) in [6.07, 6.45) is -1.00. The number of hydrogen-bond donors (Lipinski definition) is 2. The van der Waals surface area contributed by atoms with Crippen LogP contribution < -0.4 is 10.2 Å². The number of nitrogens with one attached hydrogen (secondary N) is 1. The van der Waals surface area contributed by atoms with E-state index in [1.54, 1.807) is 24.3 Å². The smallest absolute Gasteiger partial charge is 0.339 e. The summed E-state index contributed by atoms with van der Waals surface area (Å²) >= 11 is 0. The van der Waals surface area contributed by atoms with Crippen LogP contribution in [0.15, 0.2) is 59.5 Å². The summed E-state index contributed by atoms with van der Waals surface area (Å²) in [5, 5.41) is 11.4. The lowest BCUT2D eigenvalue weighted by Crippen LogP contribution is -2.39. The van der Waals surface area contributed by atoms with Gasteiger partial charge in [0.25, 0.3) is 0 Å². The van der Waals surface area contributed by atoms with Crippen molar-refractivity contribution in [3.05, 3.63) is 60.2 Å². The maximum atomic E-state index is 12.1. The van der Waals surface area contributed by atoms with E-state index < -0.39 is 33.7 Å². The van der Waals surface area contributed by atoms with Crippen molar-refractivity contribution in [2.24, 2.45) is 0 Å². The summed E-state index contributed by atoms with van der Waals surface area (Å²) in [5.74, 6) is -2.78. The molecule has 1 atom stereocenters. The van der Waals surface area contributed by atoms with E-state index in [-0.39, 0.29) is 16.2 Å². The van der Waals surface area contributed by atoms with E-state index in [9.17, 15) is 18.0 Å². The lowest BCUT2D eigenvalue weighted by molar-refractivity contribution is -0.246. The largest absolute Gasteiger partial charge is 0.478 e. The van der Waals surface area contributed by atoms with Crippen LogP contribution in [0.2, 0.25) is 0 Å².